The Labute approximate surface area is 73.9 Å². The van der Waals surface area contributed by atoms with Gasteiger partial charge in [-0.3, -0.25) is 10.9 Å². The first kappa shape index (κ1) is 9.10. The lowest BCUT2D eigenvalue weighted by Gasteiger charge is -2.17. The standard InChI is InChI=1S/C9H17N3/c1-7-10-8(12-11-7)5-6-9(2,3)4/h11H,1,5-6H2,2-4H3,(H,10,12). The molecule has 1 rings (SSSR count). The molecule has 1 heterocycles. The van der Waals surface area contributed by atoms with Crippen molar-refractivity contribution in [1.29, 1.82) is 0 Å². The number of amidine groups is 1. The van der Waals surface area contributed by atoms with E-state index in [-0.39, 0.29) is 0 Å². The van der Waals surface area contributed by atoms with Crippen molar-refractivity contribution in [2.24, 2.45) is 10.4 Å². The first-order valence-electron chi connectivity index (χ1n) is 4.26. The molecule has 12 heavy (non-hydrogen) atoms. The maximum absolute atomic E-state index is 4.19. The van der Waals surface area contributed by atoms with E-state index in [1.807, 2.05) is 0 Å². The molecule has 0 fully saturated rings. The van der Waals surface area contributed by atoms with Crippen LogP contribution in [0.4, 0.5) is 0 Å². The van der Waals surface area contributed by atoms with Crippen LogP contribution in [-0.2, 0) is 0 Å². The van der Waals surface area contributed by atoms with E-state index < -0.39 is 0 Å². The summed E-state index contributed by atoms with van der Waals surface area (Å²) < 4.78 is 0. The van der Waals surface area contributed by atoms with Crippen molar-refractivity contribution in [1.82, 2.24) is 10.9 Å². The molecular weight excluding hydrogens is 150 g/mol. The van der Waals surface area contributed by atoms with Gasteiger partial charge in [0.15, 0.2) is 0 Å². The van der Waals surface area contributed by atoms with E-state index in [0.29, 0.717) is 11.2 Å². The maximum Gasteiger partial charge on any atom is 0.139 e. The van der Waals surface area contributed by atoms with Crippen molar-refractivity contribution in [3.05, 3.63) is 12.4 Å². The molecule has 0 aliphatic carbocycles. The normalized spacial score (nSPS) is 16.9. The van der Waals surface area contributed by atoms with Gasteiger partial charge >= 0.3 is 0 Å². The van der Waals surface area contributed by atoms with Crippen LogP contribution in [0.2, 0.25) is 0 Å². The topological polar surface area (TPSA) is 36.4 Å². The average Bonchev–Trinajstić information content (AvgIpc) is 2.30. The van der Waals surface area contributed by atoms with Crippen LogP contribution < -0.4 is 10.9 Å². The molecular formula is C9H17N3. The Hall–Kier alpha value is -0.990. The summed E-state index contributed by atoms with van der Waals surface area (Å²) in [6, 6.07) is 0. The number of hydrogen-bond acceptors (Lipinski definition) is 3. The summed E-state index contributed by atoms with van der Waals surface area (Å²) in [6.45, 7) is 10.4. The zero-order chi connectivity index (χ0) is 9.19. The Morgan fingerprint density at radius 1 is 1.33 bits per heavy atom. The van der Waals surface area contributed by atoms with E-state index in [1.165, 1.54) is 0 Å². The Bertz CT molecular complexity index is 210. The van der Waals surface area contributed by atoms with E-state index in [4.69, 9.17) is 0 Å². The maximum atomic E-state index is 4.19. The van der Waals surface area contributed by atoms with Crippen LogP contribution in [-0.4, -0.2) is 5.84 Å². The predicted octanol–water partition coefficient (Wildman–Crippen LogP) is 1.79. The van der Waals surface area contributed by atoms with Crippen molar-refractivity contribution in [2.45, 2.75) is 33.6 Å². The van der Waals surface area contributed by atoms with Crippen LogP contribution in [0.5, 0.6) is 0 Å². The molecule has 1 aliphatic rings. The third-order valence-electron chi connectivity index (χ3n) is 1.73. The molecule has 0 bridgehead atoms. The van der Waals surface area contributed by atoms with Gasteiger partial charge in [-0.15, -0.1) is 0 Å². The van der Waals surface area contributed by atoms with Crippen molar-refractivity contribution < 1.29 is 0 Å². The zero-order valence-corrected chi connectivity index (χ0v) is 8.07. The summed E-state index contributed by atoms with van der Waals surface area (Å²) in [4.78, 5) is 4.19. The number of aliphatic imine (C=N–C) groups is 1. The zero-order valence-electron chi connectivity index (χ0n) is 8.07. The number of rotatable bonds is 2. The fraction of sp³-hybridized carbons (Fsp3) is 0.667. The van der Waals surface area contributed by atoms with Crippen LogP contribution in [0.3, 0.4) is 0 Å². The smallest absolute Gasteiger partial charge is 0.139 e. The summed E-state index contributed by atoms with van der Waals surface area (Å²) in [7, 11) is 0. The molecule has 0 radical (unpaired) electrons. The number of hydrazine groups is 1. The molecule has 0 saturated heterocycles. The van der Waals surface area contributed by atoms with Crippen LogP contribution in [0.1, 0.15) is 33.6 Å². The molecule has 0 aromatic rings. The summed E-state index contributed by atoms with van der Waals surface area (Å²) in [6.07, 6.45) is 2.11. The SMILES string of the molecule is C=C1N=C(CCC(C)(C)C)NN1. The second-order valence-corrected chi connectivity index (χ2v) is 4.32. The minimum atomic E-state index is 0.369. The number of nitrogens with one attached hydrogen (secondary N) is 2. The van der Waals surface area contributed by atoms with Gasteiger partial charge in [-0.1, -0.05) is 27.4 Å². The van der Waals surface area contributed by atoms with E-state index in [1.54, 1.807) is 0 Å². The van der Waals surface area contributed by atoms with Gasteiger partial charge < -0.3 is 0 Å². The minimum absolute atomic E-state index is 0.369. The van der Waals surface area contributed by atoms with Crippen LogP contribution >= 0.6 is 0 Å². The van der Waals surface area contributed by atoms with Gasteiger partial charge in [0.2, 0.25) is 0 Å². The largest absolute Gasteiger partial charge is 0.286 e. The lowest BCUT2D eigenvalue weighted by atomic mass is 9.90. The Balaban J connectivity index is 2.34. The lowest BCUT2D eigenvalue weighted by molar-refractivity contribution is 0.385. The van der Waals surface area contributed by atoms with Gasteiger partial charge in [-0.05, 0) is 11.8 Å². The summed E-state index contributed by atoms with van der Waals surface area (Å²) >= 11 is 0. The van der Waals surface area contributed by atoms with Gasteiger partial charge in [-0.2, -0.15) is 0 Å². The van der Waals surface area contributed by atoms with Gasteiger partial charge in [0.25, 0.3) is 0 Å². The highest BCUT2D eigenvalue weighted by atomic mass is 15.5. The molecule has 0 unspecified atom stereocenters. The molecule has 1 aliphatic heterocycles. The van der Waals surface area contributed by atoms with Crippen LogP contribution in [0.15, 0.2) is 17.4 Å². The number of hydrogen-bond donors (Lipinski definition) is 2. The third kappa shape index (κ3) is 2.95. The first-order chi connectivity index (χ1) is 5.47. The molecule has 0 spiro atoms. The second-order valence-electron chi connectivity index (χ2n) is 4.32. The Morgan fingerprint density at radius 2 is 2.00 bits per heavy atom. The van der Waals surface area contributed by atoms with Crippen molar-refractivity contribution in [2.75, 3.05) is 0 Å². The van der Waals surface area contributed by atoms with Gasteiger partial charge in [0.1, 0.15) is 11.7 Å². The van der Waals surface area contributed by atoms with Crippen LogP contribution in [0, 0.1) is 5.41 Å². The fourth-order valence-electron chi connectivity index (χ4n) is 0.975. The van der Waals surface area contributed by atoms with Gasteiger partial charge in [0.05, 0.1) is 0 Å². The first-order valence-corrected chi connectivity index (χ1v) is 4.26. The second kappa shape index (κ2) is 3.17. The summed E-state index contributed by atoms with van der Waals surface area (Å²) in [5, 5.41) is 0. The van der Waals surface area contributed by atoms with E-state index in [0.717, 1.165) is 18.7 Å². The molecule has 0 aromatic heterocycles. The summed E-state index contributed by atoms with van der Waals surface area (Å²) in [5.41, 5.74) is 6.21. The minimum Gasteiger partial charge on any atom is -0.286 e. The highest BCUT2D eigenvalue weighted by Crippen LogP contribution is 2.20. The molecule has 0 aromatic carbocycles. The molecule has 2 N–H and O–H groups in total. The fourth-order valence-corrected chi connectivity index (χ4v) is 0.975. The van der Waals surface area contributed by atoms with Gasteiger partial charge in [0, 0.05) is 6.42 Å². The average molecular weight is 167 g/mol. The molecule has 0 saturated carbocycles. The highest BCUT2D eigenvalue weighted by Gasteiger charge is 2.13. The quantitative estimate of drug-likeness (QED) is 0.658. The Kier molecular flexibility index (Phi) is 2.40. The highest BCUT2D eigenvalue weighted by molar-refractivity contribution is 5.84. The molecule has 3 nitrogen and oxygen atoms in total. The molecule has 0 atom stereocenters. The number of nitrogens with zero attached hydrogens (tertiary/aromatic N) is 1. The monoisotopic (exact) mass is 167 g/mol. The lowest BCUT2D eigenvalue weighted by Crippen LogP contribution is -2.29. The third-order valence-corrected chi connectivity index (χ3v) is 1.73. The van der Waals surface area contributed by atoms with Gasteiger partial charge in [-0.25, -0.2) is 4.99 Å². The van der Waals surface area contributed by atoms with E-state index in [9.17, 15) is 0 Å². The van der Waals surface area contributed by atoms with Crippen molar-refractivity contribution in [3.8, 4) is 0 Å². The predicted molar refractivity (Wildman–Crippen MR) is 51.5 cm³/mol. The van der Waals surface area contributed by atoms with Crippen LogP contribution in [0.25, 0.3) is 0 Å². The molecule has 68 valence electrons. The summed E-state index contributed by atoms with van der Waals surface area (Å²) in [5.74, 6) is 1.70. The van der Waals surface area contributed by atoms with Crippen molar-refractivity contribution >= 4 is 5.84 Å². The van der Waals surface area contributed by atoms with Crippen molar-refractivity contribution in [3.63, 3.8) is 0 Å². The van der Waals surface area contributed by atoms with E-state index in [2.05, 4.69) is 43.2 Å². The Morgan fingerprint density at radius 3 is 2.42 bits per heavy atom. The molecule has 0 amide bonds. The van der Waals surface area contributed by atoms with E-state index >= 15 is 0 Å². The molecule has 3 heteroatoms.